The van der Waals surface area contributed by atoms with E-state index in [0.29, 0.717) is 24.9 Å². The number of carbonyl (C=O) groups is 1. The number of rotatable bonds is 5. The first kappa shape index (κ1) is 22.4. The lowest BCUT2D eigenvalue weighted by Gasteiger charge is -2.37. The van der Waals surface area contributed by atoms with E-state index in [1.54, 1.807) is 29.3 Å². The number of pyridine rings is 2. The summed E-state index contributed by atoms with van der Waals surface area (Å²) in [5.74, 6) is -0.157. The van der Waals surface area contributed by atoms with Crippen molar-refractivity contribution >= 4 is 27.8 Å². The Morgan fingerprint density at radius 2 is 2.14 bits per heavy atom. The summed E-state index contributed by atoms with van der Waals surface area (Å²) in [7, 11) is 0. The van der Waals surface area contributed by atoms with E-state index in [1.807, 2.05) is 43.3 Å². The van der Waals surface area contributed by atoms with E-state index in [1.165, 1.54) is 0 Å². The van der Waals surface area contributed by atoms with Crippen molar-refractivity contribution in [3.05, 3.63) is 72.3 Å². The molecule has 1 fully saturated rings. The maximum atomic E-state index is 13.2. The summed E-state index contributed by atoms with van der Waals surface area (Å²) in [6.45, 7) is 2.28. The van der Waals surface area contributed by atoms with Gasteiger partial charge >= 0.3 is 0 Å². The molecule has 0 radical (unpaired) electrons. The fourth-order valence-corrected chi connectivity index (χ4v) is 5.25. The number of fused-ring (bicyclic) bond motifs is 2. The molecule has 3 N–H and O–H groups in total. The van der Waals surface area contributed by atoms with Crippen molar-refractivity contribution in [1.82, 2.24) is 35.3 Å². The normalized spacial score (nSPS) is 20.1. The molecular weight excluding hydrogens is 454 g/mol. The van der Waals surface area contributed by atoms with E-state index < -0.39 is 5.60 Å². The van der Waals surface area contributed by atoms with Crippen LogP contribution in [0.25, 0.3) is 33.2 Å². The number of hydrogen-bond acceptors (Lipinski definition) is 6. The van der Waals surface area contributed by atoms with Crippen molar-refractivity contribution in [2.75, 3.05) is 0 Å². The quantitative estimate of drug-likeness (QED) is 0.351. The van der Waals surface area contributed by atoms with Crippen LogP contribution < -0.4 is 5.32 Å². The molecular formula is C27H27N7O2. The van der Waals surface area contributed by atoms with Crippen molar-refractivity contribution in [3.63, 3.8) is 0 Å². The second-order valence-electron chi connectivity index (χ2n) is 9.73. The number of aliphatic hydroxyl groups is 1. The van der Waals surface area contributed by atoms with Gasteiger partial charge in [0.25, 0.3) is 5.91 Å². The van der Waals surface area contributed by atoms with Gasteiger partial charge in [-0.05, 0) is 75.1 Å². The van der Waals surface area contributed by atoms with Crippen LogP contribution in [0, 0.1) is 6.92 Å². The van der Waals surface area contributed by atoms with Crippen molar-refractivity contribution in [2.24, 2.45) is 0 Å². The molecule has 1 aliphatic rings. The van der Waals surface area contributed by atoms with Crippen LogP contribution in [0.1, 0.15) is 41.7 Å². The number of carbonyl (C=O) groups excluding carboxylic acids is 1. The molecule has 0 saturated heterocycles. The van der Waals surface area contributed by atoms with Crippen LogP contribution in [0.3, 0.4) is 0 Å². The average molecular weight is 482 g/mol. The molecule has 1 amide bonds. The summed E-state index contributed by atoms with van der Waals surface area (Å²) in [5, 5.41) is 28.3. The standard InChI is InChI=1S/C27H27N7O2/c1-17-12-18(8-11-28-17)24-22-13-19(6-7-23(22)32-33-24)26(35)31-21-5-2-9-27(36,14-21)16-34-25-20(15-30-34)4-3-10-29-25/h3-4,6-8,10-13,15,21,36H,2,5,9,14,16H2,1H3,(H,31,35)(H,32,33)/t21-,27-/m1/s1. The van der Waals surface area contributed by atoms with Gasteiger partial charge in [0.2, 0.25) is 0 Å². The van der Waals surface area contributed by atoms with Crippen LogP contribution in [0.2, 0.25) is 0 Å². The van der Waals surface area contributed by atoms with Crippen molar-refractivity contribution in [3.8, 4) is 11.3 Å². The Kier molecular flexibility index (Phi) is 5.49. The van der Waals surface area contributed by atoms with E-state index in [0.717, 1.165) is 51.7 Å². The maximum Gasteiger partial charge on any atom is 0.251 e. The van der Waals surface area contributed by atoms with Gasteiger partial charge in [-0.15, -0.1) is 0 Å². The smallest absolute Gasteiger partial charge is 0.251 e. The molecule has 4 aromatic heterocycles. The molecule has 182 valence electrons. The molecule has 0 aliphatic heterocycles. The van der Waals surface area contributed by atoms with Gasteiger partial charge < -0.3 is 10.4 Å². The molecule has 4 heterocycles. The van der Waals surface area contributed by atoms with Gasteiger partial charge in [0.15, 0.2) is 5.65 Å². The summed E-state index contributed by atoms with van der Waals surface area (Å²) in [4.78, 5) is 21.9. The van der Waals surface area contributed by atoms with E-state index in [2.05, 4.69) is 30.6 Å². The molecule has 1 saturated carbocycles. The highest BCUT2D eigenvalue weighted by Crippen LogP contribution is 2.31. The maximum absolute atomic E-state index is 13.2. The Balaban J connectivity index is 1.20. The first-order chi connectivity index (χ1) is 17.5. The second-order valence-corrected chi connectivity index (χ2v) is 9.73. The highest BCUT2D eigenvalue weighted by molar-refractivity contribution is 6.01. The van der Waals surface area contributed by atoms with Crippen molar-refractivity contribution in [1.29, 1.82) is 0 Å². The molecule has 2 atom stereocenters. The zero-order valence-corrected chi connectivity index (χ0v) is 20.0. The molecule has 36 heavy (non-hydrogen) atoms. The number of H-pyrrole nitrogens is 1. The monoisotopic (exact) mass is 481 g/mol. The van der Waals surface area contributed by atoms with Gasteiger partial charge in [-0.2, -0.15) is 10.2 Å². The lowest BCUT2D eigenvalue weighted by Crippen LogP contribution is -2.47. The number of nitrogens with zero attached hydrogens (tertiary/aromatic N) is 5. The van der Waals surface area contributed by atoms with Gasteiger partial charge in [0.1, 0.15) is 5.69 Å². The number of nitrogens with one attached hydrogen (secondary N) is 2. The predicted molar refractivity (Wildman–Crippen MR) is 136 cm³/mol. The van der Waals surface area contributed by atoms with E-state index in [9.17, 15) is 9.90 Å². The first-order valence-electron chi connectivity index (χ1n) is 12.2. The van der Waals surface area contributed by atoms with E-state index >= 15 is 0 Å². The summed E-state index contributed by atoms with van der Waals surface area (Å²) in [6.07, 6.45) is 8.01. The number of aryl methyl sites for hydroxylation is 1. The predicted octanol–water partition coefficient (Wildman–Crippen LogP) is 3.78. The van der Waals surface area contributed by atoms with Crippen LogP contribution >= 0.6 is 0 Å². The number of benzene rings is 1. The van der Waals surface area contributed by atoms with Crippen LogP contribution in [0.4, 0.5) is 0 Å². The Labute approximate surface area is 207 Å². The Bertz CT molecular complexity index is 1570. The largest absolute Gasteiger partial charge is 0.388 e. The second kappa shape index (κ2) is 8.83. The third-order valence-electron chi connectivity index (χ3n) is 6.99. The van der Waals surface area contributed by atoms with Gasteiger partial charge in [-0.25, -0.2) is 9.67 Å². The topological polar surface area (TPSA) is 122 Å². The van der Waals surface area contributed by atoms with Crippen LogP contribution in [-0.2, 0) is 6.54 Å². The third-order valence-corrected chi connectivity index (χ3v) is 6.99. The average Bonchev–Trinajstić information content (AvgIpc) is 3.48. The molecule has 1 aliphatic carbocycles. The van der Waals surface area contributed by atoms with E-state index in [-0.39, 0.29) is 11.9 Å². The minimum atomic E-state index is -0.965. The first-order valence-corrected chi connectivity index (χ1v) is 12.2. The lowest BCUT2D eigenvalue weighted by molar-refractivity contribution is -0.0228. The summed E-state index contributed by atoms with van der Waals surface area (Å²) in [5.41, 5.74) is 3.86. The zero-order chi connectivity index (χ0) is 24.7. The van der Waals surface area contributed by atoms with Crippen molar-refractivity contribution < 1.29 is 9.90 Å². The third kappa shape index (κ3) is 4.22. The summed E-state index contributed by atoms with van der Waals surface area (Å²) in [6, 6.07) is 13.1. The number of aromatic amines is 1. The van der Waals surface area contributed by atoms with Gasteiger partial charge in [-0.3, -0.25) is 14.9 Å². The molecule has 0 unspecified atom stereocenters. The van der Waals surface area contributed by atoms with Crippen molar-refractivity contribution in [2.45, 2.75) is 50.8 Å². The van der Waals surface area contributed by atoms with Gasteiger partial charge in [-0.1, -0.05) is 0 Å². The zero-order valence-electron chi connectivity index (χ0n) is 20.0. The molecule has 6 rings (SSSR count). The minimum absolute atomic E-state index is 0.131. The number of aromatic nitrogens is 6. The van der Waals surface area contributed by atoms with Gasteiger partial charge in [0.05, 0.1) is 23.9 Å². The molecule has 9 heteroatoms. The Morgan fingerprint density at radius 3 is 3.03 bits per heavy atom. The Hall–Kier alpha value is -4.11. The summed E-state index contributed by atoms with van der Waals surface area (Å²) >= 11 is 0. The molecule has 1 aromatic carbocycles. The molecule has 0 bridgehead atoms. The lowest BCUT2D eigenvalue weighted by atomic mass is 9.81. The molecule has 5 aromatic rings. The fraction of sp³-hybridized carbons (Fsp3) is 0.296. The number of hydrogen-bond donors (Lipinski definition) is 3. The highest BCUT2D eigenvalue weighted by atomic mass is 16.3. The fourth-order valence-electron chi connectivity index (χ4n) is 5.25. The number of amides is 1. The summed E-state index contributed by atoms with van der Waals surface area (Å²) < 4.78 is 1.76. The van der Waals surface area contributed by atoms with Gasteiger partial charge in [0, 0.05) is 46.0 Å². The van der Waals surface area contributed by atoms with Crippen LogP contribution in [0.5, 0.6) is 0 Å². The Morgan fingerprint density at radius 1 is 1.22 bits per heavy atom. The van der Waals surface area contributed by atoms with Crippen LogP contribution in [-0.4, -0.2) is 52.6 Å². The highest BCUT2D eigenvalue weighted by Gasteiger charge is 2.36. The van der Waals surface area contributed by atoms with E-state index in [4.69, 9.17) is 0 Å². The SMILES string of the molecule is Cc1cc(-c2n[nH]c3ccc(C(=O)N[C@@H]4CCC[C@](O)(Cn5ncc6cccnc65)C4)cc23)ccn1. The molecule has 9 nitrogen and oxygen atoms in total. The molecule has 0 spiro atoms. The van der Waals surface area contributed by atoms with Crippen LogP contribution in [0.15, 0.2) is 61.1 Å². The minimum Gasteiger partial charge on any atom is -0.388 e.